The Bertz CT molecular complexity index is 623. The van der Waals surface area contributed by atoms with E-state index < -0.39 is 0 Å². The summed E-state index contributed by atoms with van der Waals surface area (Å²) in [6, 6.07) is 6.58. The Kier molecular flexibility index (Phi) is 2.52. The maximum Gasteiger partial charge on any atom is 0.163 e. The second-order valence-electron chi connectivity index (χ2n) is 7.18. The van der Waals surface area contributed by atoms with Crippen LogP contribution in [-0.4, -0.2) is 5.78 Å². The highest BCUT2D eigenvalue weighted by atomic mass is 16.1. The van der Waals surface area contributed by atoms with Crippen LogP contribution in [0.25, 0.3) is 0 Å². The predicted octanol–water partition coefficient (Wildman–Crippen LogP) is 4.76. The van der Waals surface area contributed by atoms with Crippen LogP contribution in [0.15, 0.2) is 29.8 Å². The smallest absolute Gasteiger partial charge is 0.163 e. The van der Waals surface area contributed by atoms with Gasteiger partial charge >= 0.3 is 0 Å². The molecule has 1 fully saturated rings. The summed E-state index contributed by atoms with van der Waals surface area (Å²) >= 11 is 0. The van der Waals surface area contributed by atoms with E-state index >= 15 is 0 Å². The molecule has 2 atom stereocenters. The highest BCUT2D eigenvalue weighted by molar-refractivity contribution is 6.01. The van der Waals surface area contributed by atoms with Crippen LogP contribution in [0.1, 0.15) is 73.4 Å². The van der Waals surface area contributed by atoms with E-state index in [1.807, 2.05) is 0 Å². The fraction of sp³-hybridized carbons (Fsp3) is 0.526. The highest BCUT2D eigenvalue weighted by Gasteiger charge is 2.51. The molecule has 0 saturated heterocycles. The van der Waals surface area contributed by atoms with Gasteiger partial charge in [-0.25, -0.2) is 0 Å². The van der Waals surface area contributed by atoms with Crippen molar-refractivity contribution in [1.29, 1.82) is 0 Å². The summed E-state index contributed by atoms with van der Waals surface area (Å²) in [4.78, 5) is 12.5. The molecule has 3 aliphatic carbocycles. The van der Waals surface area contributed by atoms with Gasteiger partial charge in [-0.1, -0.05) is 43.7 Å². The number of rotatable bonds is 1. The first-order valence-corrected chi connectivity index (χ1v) is 7.96. The number of hydrogen-bond acceptors (Lipinski definition) is 1. The van der Waals surface area contributed by atoms with Crippen LogP contribution in [-0.2, 0) is 5.41 Å². The first kappa shape index (κ1) is 12.4. The fourth-order valence-corrected chi connectivity index (χ4v) is 4.89. The molecule has 1 saturated carbocycles. The quantitative estimate of drug-likeness (QED) is 0.669. The van der Waals surface area contributed by atoms with Crippen molar-refractivity contribution in [2.75, 3.05) is 0 Å². The summed E-state index contributed by atoms with van der Waals surface area (Å²) in [6.07, 6.45) is 7.98. The predicted molar refractivity (Wildman–Crippen MR) is 81.2 cm³/mol. The van der Waals surface area contributed by atoms with Crippen molar-refractivity contribution in [3.8, 4) is 0 Å². The third kappa shape index (κ3) is 1.47. The monoisotopic (exact) mass is 266 g/mol. The van der Waals surface area contributed by atoms with Gasteiger partial charge in [0.2, 0.25) is 0 Å². The fourth-order valence-electron chi connectivity index (χ4n) is 4.89. The molecule has 3 aliphatic rings. The molecule has 104 valence electrons. The van der Waals surface area contributed by atoms with Gasteiger partial charge in [-0.3, -0.25) is 4.79 Å². The minimum absolute atomic E-state index is 0.290. The van der Waals surface area contributed by atoms with Crippen LogP contribution in [0, 0.1) is 5.92 Å². The zero-order chi connectivity index (χ0) is 13.9. The number of fused-ring (bicyclic) bond motifs is 5. The van der Waals surface area contributed by atoms with Crippen molar-refractivity contribution >= 4 is 5.78 Å². The molecule has 0 heterocycles. The Morgan fingerprint density at radius 1 is 1.30 bits per heavy atom. The Hall–Kier alpha value is -1.37. The molecular formula is C19H22O. The third-order valence-electron chi connectivity index (χ3n) is 5.86. The van der Waals surface area contributed by atoms with Gasteiger partial charge in [0.05, 0.1) is 0 Å². The number of Topliss-reactive ketones (excluding diaryl/α,β-unsaturated/α-hetero) is 1. The molecule has 0 N–H and O–H groups in total. The number of allylic oxidation sites excluding steroid dienone is 2. The van der Waals surface area contributed by atoms with Gasteiger partial charge < -0.3 is 0 Å². The SMILES string of the molecule is CC(C)c1cccc2c1C(=O)CCC21CC2=CCC1C2. The van der Waals surface area contributed by atoms with E-state index in [0.717, 1.165) is 24.3 Å². The Morgan fingerprint density at radius 3 is 2.80 bits per heavy atom. The number of carbonyl (C=O) groups is 1. The van der Waals surface area contributed by atoms with Gasteiger partial charge in [-0.05, 0) is 48.6 Å². The molecule has 0 amide bonds. The van der Waals surface area contributed by atoms with Crippen molar-refractivity contribution in [3.05, 3.63) is 46.5 Å². The van der Waals surface area contributed by atoms with Crippen LogP contribution in [0.3, 0.4) is 0 Å². The zero-order valence-electron chi connectivity index (χ0n) is 12.4. The highest BCUT2D eigenvalue weighted by Crippen LogP contribution is 2.59. The Morgan fingerprint density at radius 2 is 2.15 bits per heavy atom. The zero-order valence-corrected chi connectivity index (χ0v) is 12.4. The van der Waals surface area contributed by atoms with Crippen molar-refractivity contribution in [3.63, 3.8) is 0 Å². The van der Waals surface area contributed by atoms with E-state index in [1.165, 1.54) is 30.4 Å². The summed E-state index contributed by atoms with van der Waals surface area (Å²) in [5, 5.41) is 0. The summed E-state index contributed by atoms with van der Waals surface area (Å²) < 4.78 is 0. The third-order valence-corrected chi connectivity index (χ3v) is 5.86. The average molecular weight is 266 g/mol. The van der Waals surface area contributed by atoms with E-state index in [0.29, 0.717) is 11.7 Å². The number of ketones is 1. The van der Waals surface area contributed by atoms with Gasteiger partial charge in [-0.2, -0.15) is 0 Å². The normalized spacial score (nSPS) is 31.1. The van der Waals surface area contributed by atoms with Crippen LogP contribution in [0.5, 0.6) is 0 Å². The number of benzene rings is 1. The van der Waals surface area contributed by atoms with E-state index in [9.17, 15) is 4.79 Å². The van der Waals surface area contributed by atoms with E-state index in [4.69, 9.17) is 0 Å². The van der Waals surface area contributed by atoms with Crippen LogP contribution < -0.4 is 0 Å². The lowest BCUT2D eigenvalue weighted by molar-refractivity contribution is 0.0938. The minimum Gasteiger partial charge on any atom is -0.294 e. The Labute approximate surface area is 121 Å². The molecule has 20 heavy (non-hydrogen) atoms. The van der Waals surface area contributed by atoms with E-state index in [1.54, 1.807) is 5.57 Å². The molecule has 1 heteroatoms. The molecule has 0 radical (unpaired) electrons. The average Bonchev–Trinajstić information content (AvgIpc) is 3.04. The van der Waals surface area contributed by atoms with Gasteiger partial charge in [0, 0.05) is 17.4 Å². The molecule has 0 aliphatic heterocycles. The van der Waals surface area contributed by atoms with Crippen molar-refractivity contribution in [2.45, 2.75) is 57.3 Å². The molecule has 0 aromatic heterocycles. The molecule has 1 aromatic rings. The summed E-state index contributed by atoms with van der Waals surface area (Å²) in [5.74, 6) is 1.57. The van der Waals surface area contributed by atoms with Crippen molar-refractivity contribution in [2.24, 2.45) is 5.92 Å². The second-order valence-corrected chi connectivity index (χ2v) is 7.18. The standard InChI is InChI=1S/C19H22O/c1-12(2)15-4-3-5-16-18(15)17(20)8-9-19(16)11-13-6-7-14(19)10-13/h3-6,12,14H,7-11H2,1-2H3. The first-order valence-electron chi connectivity index (χ1n) is 7.96. The summed E-state index contributed by atoms with van der Waals surface area (Å²) in [7, 11) is 0. The summed E-state index contributed by atoms with van der Waals surface area (Å²) in [6.45, 7) is 4.40. The molecule has 2 bridgehead atoms. The first-order chi connectivity index (χ1) is 9.62. The van der Waals surface area contributed by atoms with Crippen molar-refractivity contribution in [1.82, 2.24) is 0 Å². The minimum atomic E-state index is 0.290. The number of hydrogen-bond donors (Lipinski definition) is 0. The molecule has 1 nitrogen and oxygen atoms in total. The maximum absolute atomic E-state index is 12.5. The van der Waals surface area contributed by atoms with Gasteiger partial charge in [0.25, 0.3) is 0 Å². The lowest BCUT2D eigenvalue weighted by Gasteiger charge is -2.41. The number of carbonyl (C=O) groups excluding carboxylic acids is 1. The second kappa shape index (κ2) is 4.07. The van der Waals surface area contributed by atoms with Crippen LogP contribution >= 0.6 is 0 Å². The molecule has 4 rings (SSSR count). The van der Waals surface area contributed by atoms with Gasteiger partial charge in [0.15, 0.2) is 5.78 Å². The van der Waals surface area contributed by atoms with Crippen LogP contribution in [0.4, 0.5) is 0 Å². The lowest BCUT2D eigenvalue weighted by atomic mass is 9.61. The topological polar surface area (TPSA) is 17.1 Å². The Balaban J connectivity index is 1.93. The molecular weight excluding hydrogens is 244 g/mol. The lowest BCUT2D eigenvalue weighted by Crippen LogP contribution is -2.37. The largest absolute Gasteiger partial charge is 0.294 e. The van der Waals surface area contributed by atoms with E-state index in [2.05, 4.69) is 38.1 Å². The molecule has 1 spiro atoms. The van der Waals surface area contributed by atoms with Gasteiger partial charge in [-0.15, -0.1) is 0 Å². The molecule has 1 aromatic carbocycles. The van der Waals surface area contributed by atoms with Crippen molar-refractivity contribution < 1.29 is 4.79 Å². The van der Waals surface area contributed by atoms with Gasteiger partial charge in [0.1, 0.15) is 0 Å². The maximum atomic E-state index is 12.5. The van der Waals surface area contributed by atoms with Crippen LogP contribution in [0.2, 0.25) is 0 Å². The molecule has 2 unspecified atom stereocenters. The van der Waals surface area contributed by atoms with E-state index in [-0.39, 0.29) is 5.41 Å². The summed E-state index contributed by atoms with van der Waals surface area (Å²) in [5.41, 5.74) is 5.67.